The molecule has 0 aliphatic carbocycles. The predicted octanol–water partition coefficient (Wildman–Crippen LogP) is 2.05. The van der Waals surface area contributed by atoms with Crippen molar-refractivity contribution in [2.45, 2.75) is 39.7 Å². The van der Waals surface area contributed by atoms with Crippen LogP contribution in [-0.4, -0.2) is 25.8 Å². The molecule has 0 aromatic carbocycles. The second-order valence-corrected chi connectivity index (χ2v) is 4.32. The summed E-state index contributed by atoms with van der Waals surface area (Å²) in [5.41, 5.74) is 0.0211. The summed E-state index contributed by atoms with van der Waals surface area (Å²) in [6.07, 6.45) is 1.07. The molecule has 0 heterocycles. The summed E-state index contributed by atoms with van der Waals surface area (Å²) in [7, 11) is 1.97. The first-order valence-corrected chi connectivity index (χ1v) is 4.76. The Labute approximate surface area is 76.7 Å². The summed E-state index contributed by atoms with van der Waals surface area (Å²) in [4.78, 5) is 0. The van der Waals surface area contributed by atoms with Crippen molar-refractivity contribution < 1.29 is 4.74 Å². The Hall–Kier alpha value is -0.0800. The highest BCUT2D eigenvalue weighted by atomic mass is 16.5. The second-order valence-electron chi connectivity index (χ2n) is 4.32. The van der Waals surface area contributed by atoms with Crippen molar-refractivity contribution in [1.29, 1.82) is 0 Å². The Kier molecular flexibility index (Phi) is 5.51. The van der Waals surface area contributed by atoms with E-state index in [1.165, 1.54) is 0 Å². The number of nitrogens with one attached hydrogen (secondary N) is 1. The van der Waals surface area contributed by atoms with Crippen LogP contribution in [0.15, 0.2) is 0 Å². The van der Waals surface area contributed by atoms with E-state index in [-0.39, 0.29) is 5.60 Å². The van der Waals surface area contributed by atoms with Gasteiger partial charge >= 0.3 is 0 Å². The fourth-order valence-corrected chi connectivity index (χ4v) is 0.890. The molecule has 0 aliphatic heterocycles. The molecule has 0 aliphatic rings. The third-order valence-electron chi connectivity index (χ3n) is 1.78. The molecule has 0 bridgehead atoms. The highest BCUT2D eigenvalue weighted by molar-refractivity contribution is 4.69. The number of hydrogen-bond acceptors (Lipinski definition) is 2. The van der Waals surface area contributed by atoms with Gasteiger partial charge in [0.05, 0.1) is 5.60 Å². The molecule has 0 atom stereocenters. The molecule has 0 amide bonds. The van der Waals surface area contributed by atoms with Crippen molar-refractivity contribution in [2.75, 3.05) is 20.2 Å². The van der Waals surface area contributed by atoms with Crippen LogP contribution in [-0.2, 0) is 4.74 Å². The average Bonchev–Trinajstić information content (AvgIpc) is 1.98. The molecule has 1 N–H and O–H groups in total. The monoisotopic (exact) mass is 173 g/mol. The van der Waals surface area contributed by atoms with Crippen LogP contribution in [0, 0.1) is 5.92 Å². The first-order valence-electron chi connectivity index (χ1n) is 4.76. The van der Waals surface area contributed by atoms with Gasteiger partial charge in [0.1, 0.15) is 0 Å². The fraction of sp³-hybridized carbons (Fsp3) is 1.00. The van der Waals surface area contributed by atoms with Crippen LogP contribution >= 0.6 is 0 Å². The molecule has 74 valence electrons. The largest absolute Gasteiger partial charge is 0.375 e. The molecular formula is C10H23NO. The molecule has 0 unspecified atom stereocenters. The van der Waals surface area contributed by atoms with E-state index in [1.54, 1.807) is 0 Å². The fourth-order valence-electron chi connectivity index (χ4n) is 0.890. The molecule has 0 fully saturated rings. The lowest BCUT2D eigenvalue weighted by Crippen LogP contribution is -2.30. The van der Waals surface area contributed by atoms with Gasteiger partial charge < -0.3 is 10.1 Å². The van der Waals surface area contributed by atoms with Gasteiger partial charge in [0.15, 0.2) is 0 Å². The number of rotatable bonds is 6. The van der Waals surface area contributed by atoms with Crippen molar-refractivity contribution in [3.63, 3.8) is 0 Å². The molecule has 2 nitrogen and oxygen atoms in total. The minimum atomic E-state index is 0.0211. The van der Waals surface area contributed by atoms with Gasteiger partial charge in [0.25, 0.3) is 0 Å². The Morgan fingerprint density at radius 2 is 1.92 bits per heavy atom. The van der Waals surface area contributed by atoms with Gasteiger partial charge in [-0.3, -0.25) is 0 Å². The predicted molar refractivity (Wildman–Crippen MR) is 53.4 cm³/mol. The van der Waals surface area contributed by atoms with E-state index in [1.807, 2.05) is 7.05 Å². The van der Waals surface area contributed by atoms with Crippen LogP contribution in [0.5, 0.6) is 0 Å². The van der Waals surface area contributed by atoms with Gasteiger partial charge in [-0.2, -0.15) is 0 Å². The minimum Gasteiger partial charge on any atom is -0.375 e. The van der Waals surface area contributed by atoms with Gasteiger partial charge in [0.2, 0.25) is 0 Å². The Balaban J connectivity index is 3.56. The van der Waals surface area contributed by atoms with Crippen LogP contribution in [0.3, 0.4) is 0 Å². The van der Waals surface area contributed by atoms with Gasteiger partial charge in [-0.05, 0) is 39.8 Å². The van der Waals surface area contributed by atoms with Crippen LogP contribution in [0.25, 0.3) is 0 Å². The smallest absolute Gasteiger partial charge is 0.0638 e. The first kappa shape index (κ1) is 11.9. The Morgan fingerprint density at radius 3 is 2.33 bits per heavy atom. The molecule has 0 aromatic heterocycles. The van der Waals surface area contributed by atoms with E-state index in [0.717, 1.165) is 19.6 Å². The SMILES string of the molecule is CNCCC(C)(C)OCC(C)C. The van der Waals surface area contributed by atoms with E-state index in [4.69, 9.17) is 4.74 Å². The van der Waals surface area contributed by atoms with Crippen LogP contribution in [0.2, 0.25) is 0 Å². The van der Waals surface area contributed by atoms with Crippen LogP contribution in [0.4, 0.5) is 0 Å². The second kappa shape index (κ2) is 5.55. The van der Waals surface area contributed by atoms with Crippen molar-refractivity contribution in [3.05, 3.63) is 0 Å². The van der Waals surface area contributed by atoms with Crippen molar-refractivity contribution >= 4 is 0 Å². The third kappa shape index (κ3) is 6.62. The van der Waals surface area contributed by atoms with E-state index in [9.17, 15) is 0 Å². The summed E-state index contributed by atoms with van der Waals surface area (Å²) in [6, 6.07) is 0. The molecule has 0 spiro atoms. The van der Waals surface area contributed by atoms with Gasteiger partial charge in [-0.1, -0.05) is 13.8 Å². The highest BCUT2D eigenvalue weighted by Crippen LogP contribution is 2.14. The molecule has 12 heavy (non-hydrogen) atoms. The van der Waals surface area contributed by atoms with E-state index < -0.39 is 0 Å². The molecule has 0 saturated heterocycles. The van der Waals surface area contributed by atoms with E-state index >= 15 is 0 Å². The summed E-state index contributed by atoms with van der Waals surface area (Å²) in [5, 5.41) is 3.13. The van der Waals surface area contributed by atoms with Gasteiger partial charge in [-0.15, -0.1) is 0 Å². The van der Waals surface area contributed by atoms with Crippen LogP contribution < -0.4 is 5.32 Å². The topological polar surface area (TPSA) is 21.3 Å². The van der Waals surface area contributed by atoms with Crippen molar-refractivity contribution in [1.82, 2.24) is 5.32 Å². The summed E-state index contributed by atoms with van der Waals surface area (Å²) >= 11 is 0. The zero-order valence-corrected chi connectivity index (χ0v) is 9.11. The maximum absolute atomic E-state index is 5.75. The lowest BCUT2D eigenvalue weighted by molar-refractivity contribution is -0.0352. The summed E-state index contributed by atoms with van der Waals surface area (Å²) in [5.74, 6) is 0.624. The normalized spacial score (nSPS) is 12.5. The van der Waals surface area contributed by atoms with Crippen LogP contribution in [0.1, 0.15) is 34.1 Å². The van der Waals surface area contributed by atoms with Gasteiger partial charge in [0, 0.05) is 6.61 Å². The quantitative estimate of drug-likeness (QED) is 0.663. The molecule has 0 radical (unpaired) electrons. The molecule has 0 saturated carbocycles. The lowest BCUT2D eigenvalue weighted by Gasteiger charge is -2.26. The average molecular weight is 173 g/mol. The lowest BCUT2D eigenvalue weighted by atomic mass is 10.1. The molecule has 0 rings (SSSR count). The van der Waals surface area contributed by atoms with Gasteiger partial charge in [-0.25, -0.2) is 0 Å². The third-order valence-corrected chi connectivity index (χ3v) is 1.78. The maximum Gasteiger partial charge on any atom is 0.0638 e. The zero-order valence-electron chi connectivity index (χ0n) is 9.11. The number of ether oxygens (including phenoxy) is 1. The highest BCUT2D eigenvalue weighted by Gasteiger charge is 2.17. The first-order chi connectivity index (χ1) is 5.48. The standard InChI is InChI=1S/C10H23NO/c1-9(2)8-12-10(3,4)6-7-11-5/h9,11H,6-8H2,1-5H3. The van der Waals surface area contributed by atoms with E-state index in [2.05, 4.69) is 33.0 Å². The Morgan fingerprint density at radius 1 is 1.33 bits per heavy atom. The summed E-state index contributed by atoms with van der Waals surface area (Å²) < 4.78 is 5.75. The molecule has 0 aromatic rings. The molecule has 2 heteroatoms. The van der Waals surface area contributed by atoms with Crippen molar-refractivity contribution in [2.24, 2.45) is 5.92 Å². The van der Waals surface area contributed by atoms with E-state index in [0.29, 0.717) is 5.92 Å². The summed E-state index contributed by atoms with van der Waals surface area (Å²) in [6.45, 7) is 10.5. The molecular weight excluding hydrogens is 150 g/mol. The number of hydrogen-bond donors (Lipinski definition) is 1. The Bertz CT molecular complexity index is 110. The van der Waals surface area contributed by atoms with Crippen molar-refractivity contribution in [3.8, 4) is 0 Å². The minimum absolute atomic E-state index is 0.0211. The zero-order chi connectivity index (χ0) is 9.61. The maximum atomic E-state index is 5.75.